The number of aromatic nitrogens is 1. The van der Waals surface area contributed by atoms with Gasteiger partial charge in [-0.25, -0.2) is 4.79 Å². The van der Waals surface area contributed by atoms with E-state index in [1.165, 1.54) is 14.2 Å². The number of para-hydroxylation sites is 1. The van der Waals surface area contributed by atoms with Gasteiger partial charge in [0.2, 0.25) is 0 Å². The minimum Gasteiger partial charge on any atom is -0.468 e. The number of hydrogen-bond donors (Lipinski definition) is 0. The Kier molecular flexibility index (Phi) is 6.32. The Bertz CT molecular complexity index is 1310. The van der Waals surface area contributed by atoms with E-state index in [-0.39, 0.29) is 4.91 Å². The monoisotopic (exact) mass is 464 g/mol. The summed E-state index contributed by atoms with van der Waals surface area (Å²) in [6, 6.07) is 14.9. The van der Waals surface area contributed by atoms with Gasteiger partial charge in [0.15, 0.2) is 0 Å². The summed E-state index contributed by atoms with van der Waals surface area (Å²) < 4.78 is 11.4. The summed E-state index contributed by atoms with van der Waals surface area (Å²) >= 11 is 0.789. The van der Waals surface area contributed by atoms with Crippen molar-refractivity contribution in [2.75, 3.05) is 20.8 Å². The maximum absolute atomic E-state index is 12.7. The van der Waals surface area contributed by atoms with E-state index in [9.17, 15) is 19.2 Å². The number of carbonyl (C=O) groups excluding carboxylic acids is 4. The molecule has 1 aromatic heterocycles. The number of benzene rings is 2. The van der Waals surface area contributed by atoms with Crippen molar-refractivity contribution in [3.05, 3.63) is 76.3 Å². The first-order valence-electron chi connectivity index (χ1n) is 9.98. The number of imide groups is 1. The van der Waals surface area contributed by atoms with Crippen molar-refractivity contribution in [2.45, 2.75) is 6.54 Å². The predicted octanol–water partition coefficient (Wildman–Crippen LogP) is 3.69. The predicted molar refractivity (Wildman–Crippen MR) is 124 cm³/mol. The molecular weight excluding hydrogens is 444 g/mol. The summed E-state index contributed by atoms with van der Waals surface area (Å²) in [4.78, 5) is 49.4. The fraction of sp³-hybridized carbons (Fsp3) is 0.167. The molecule has 3 aromatic rings. The van der Waals surface area contributed by atoms with Gasteiger partial charge in [-0.15, -0.1) is 0 Å². The number of ether oxygens (including phenoxy) is 2. The molecule has 0 radical (unpaired) electrons. The molecule has 2 heterocycles. The van der Waals surface area contributed by atoms with Crippen molar-refractivity contribution in [3.63, 3.8) is 0 Å². The van der Waals surface area contributed by atoms with Crippen LogP contribution in [0.2, 0.25) is 0 Å². The molecule has 0 spiro atoms. The van der Waals surface area contributed by atoms with Crippen molar-refractivity contribution in [1.29, 1.82) is 0 Å². The highest BCUT2D eigenvalue weighted by Crippen LogP contribution is 2.34. The molecule has 1 saturated heterocycles. The lowest BCUT2D eigenvalue weighted by molar-refractivity contribution is -0.143. The van der Waals surface area contributed by atoms with Gasteiger partial charge in [-0.05, 0) is 41.6 Å². The maximum atomic E-state index is 12.7. The van der Waals surface area contributed by atoms with Crippen molar-refractivity contribution in [2.24, 2.45) is 0 Å². The molecule has 0 unspecified atom stereocenters. The first-order valence-corrected chi connectivity index (χ1v) is 10.8. The summed E-state index contributed by atoms with van der Waals surface area (Å²) in [5.74, 6) is -1.60. The molecule has 1 fully saturated rings. The number of hydrogen-bond acceptors (Lipinski definition) is 7. The summed E-state index contributed by atoms with van der Waals surface area (Å²) in [5, 5.41) is 0.390. The molecular formula is C24H20N2O6S. The number of amides is 2. The van der Waals surface area contributed by atoms with Gasteiger partial charge in [0.25, 0.3) is 11.1 Å². The molecule has 0 aliphatic carbocycles. The van der Waals surface area contributed by atoms with Crippen LogP contribution in [0.1, 0.15) is 21.5 Å². The highest BCUT2D eigenvalue weighted by molar-refractivity contribution is 8.18. The highest BCUT2D eigenvalue weighted by Gasteiger charge is 2.36. The van der Waals surface area contributed by atoms with E-state index in [2.05, 4.69) is 4.74 Å². The Morgan fingerprint density at radius 2 is 1.82 bits per heavy atom. The number of rotatable bonds is 6. The van der Waals surface area contributed by atoms with Crippen LogP contribution in [0, 0.1) is 0 Å². The van der Waals surface area contributed by atoms with Gasteiger partial charge in [-0.3, -0.25) is 19.3 Å². The Hall–Kier alpha value is -3.85. The number of fused-ring (bicyclic) bond motifs is 1. The maximum Gasteiger partial charge on any atom is 0.337 e. The van der Waals surface area contributed by atoms with Crippen LogP contribution in [0.15, 0.2) is 59.6 Å². The third-order valence-corrected chi connectivity index (χ3v) is 6.10. The average Bonchev–Trinajstić information content (AvgIpc) is 3.30. The fourth-order valence-corrected chi connectivity index (χ4v) is 4.43. The summed E-state index contributed by atoms with van der Waals surface area (Å²) in [6.45, 7) is 0.0693. The van der Waals surface area contributed by atoms with E-state index in [4.69, 9.17) is 4.74 Å². The van der Waals surface area contributed by atoms with Crippen LogP contribution in [-0.2, 0) is 25.6 Å². The molecule has 2 aromatic carbocycles. The SMILES string of the molecule is COC(=O)CN1C(=O)S/C(=C/c2cn(Cc3cccc(C(=O)OC)c3)c3ccccc23)C1=O. The lowest BCUT2D eigenvalue weighted by atomic mass is 10.1. The van der Waals surface area contributed by atoms with Gasteiger partial charge in [-0.1, -0.05) is 30.3 Å². The van der Waals surface area contributed by atoms with Crippen LogP contribution >= 0.6 is 11.8 Å². The quantitative estimate of drug-likeness (QED) is 0.406. The molecule has 9 heteroatoms. The van der Waals surface area contributed by atoms with Crippen LogP contribution in [-0.4, -0.2) is 53.3 Å². The Labute approximate surface area is 193 Å². The van der Waals surface area contributed by atoms with E-state index < -0.39 is 29.6 Å². The average molecular weight is 464 g/mol. The second-order valence-corrected chi connectivity index (χ2v) is 8.26. The second-order valence-electron chi connectivity index (χ2n) is 7.27. The number of methoxy groups -OCH3 is 2. The standard InChI is InChI=1S/C24H20N2O6S/c1-31-21(27)14-26-22(28)20(33-24(26)30)11-17-13-25(19-9-4-3-8-18(17)19)12-15-6-5-7-16(10-15)23(29)32-2/h3-11,13H,12,14H2,1-2H3/b20-11+. The van der Waals surface area contributed by atoms with Crippen LogP contribution in [0.3, 0.4) is 0 Å². The smallest absolute Gasteiger partial charge is 0.337 e. The molecule has 4 rings (SSSR count). The van der Waals surface area contributed by atoms with Crippen LogP contribution < -0.4 is 0 Å². The summed E-state index contributed by atoms with van der Waals surface area (Å²) in [7, 11) is 2.54. The van der Waals surface area contributed by atoms with Crippen molar-refractivity contribution in [3.8, 4) is 0 Å². The van der Waals surface area contributed by atoms with Gasteiger partial charge in [0.05, 0.1) is 24.7 Å². The van der Waals surface area contributed by atoms with Gasteiger partial charge in [0.1, 0.15) is 6.54 Å². The summed E-state index contributed by atoms with van der Waals surface area (Å²) in [5.41, 5.74) is 3.06. The second kappa shape index (κ2) is 9.33. The first-order chi connectivity index (χ1) is 15.9. The molecule has 1 aliphatic heterocycles. The molecule has 33 heavy (non-hydrogen) atoms. The number of nitrogens with zero attached hydrogens (tertiary/aromatic N) is 2. The molecule has 0 N–H and O–H groups in total. The van der Waals surface area contributed by atoms with Crippen molar-refractivity contribution < 1.29 is 28.7 Å². The lowest BCUT2D eigenvalue weighted by Crippen LogP contribution is -2.34. The van der Waals surface area contributed by atoms with Gasteiger partial charge in [0, 0.05) is 29.2 Å². The number of carbonyl (C=O) groups is 4. The van der Waals surface area contributed by atoms with Gasteiger partial charge >= 0.3 is 11.9 Å². The zero-order valence-electron chi connectivity index (χ0n) is 17.9. The third-order valence-electron chi connectivity index (χ3n) is 5.20. The molecule has 1 aliphatic rings. The first kappa shape index (κ1) is 22.3. The Morgan fingerprint density at radius 3 is 2.58 bits per heavy atom. The van der Waals surface area contributed by atoms with Crippen LogP contribution in [0.5, 0.6) is 0 Å². The number of thioether (sulfide) groups is 1. The normalized spacial score (nSPS) is 14.8. The van der Waals surface area contributed by atoms with Crippen molar-refractivity contribution in [1.82, 2.24) is 9.47 Å². The van der Waals surface area contributed by atoms with Crippen molar-refractivity contribution >= 4 is 51.8 Å². The van der Waals surface area contributed by atoms with E-state index in [0.717, 1.165) is 38.7 Å². The largest absolute Gasteiger partial charge is 0.468 e. The van der Waals surface area contributed by atoms with E-state index in [1.54, 1.807) is 24.3 Å². The van der Waals surface area contributed by atoms with E-state index in [1.807, 2.05) is 41.1 Å². The summed E-state index contributed by atoms with van der Waals surface area (Å²) in [6.07, 6.45) is 3.55. The topological polar surface area (TPSA) is 94.9 Å². The molecule has 2 amide bonds. The molecule has 8 nitrogen and oxygen atoms in total. The zero-order valence-corrected chi connectivity index (χ0v) is 18.8. The van der Waals surface area contributed by atoms with E-state index in [0.29, 0.717) is 12.1 Å². The van der Waals surface area contributed by atoms with Crippen LogP contribution in [0.25, 0.3) is 17.0 Å². The molecule has 0 atom stereocenters. The lowest BCUT2D eigenvalue weighted by Gasteiger charge is -2.09. The van der Waals surface area contributed by atoms with E-state index >= 15 is 0 Å². The molecule has 0 bridgehead atoms. The van der Waals surface area contributed by atoms with Crippen LogP contribution in [0.4, 0.5) is 4.79 Å². The third kappa shape index (κ3) is 4.54. The number of esters is 2. The Morgan fingerprint density at radius 1 is 1.03 bits per heavy atom. The minimum atomic E-state index is -0.663. The van der Waals surface area contributed by atoms with Gasteiger partial charge < -0.3 is 14.0 Å². The minimum absolute atomic E-state index is 0.236. The zero-order chi connectivity index (χ0) is 23.5. The Balaban J connectivity index is 1.67. The highest BCUT2D eigenvalue weighted by atomic mass is 32.2. The fourth-order valence-electron chi connectivity index (χ4n) is 3.60. The molecule has 168 valence electrons. The van der Waals surface area contributed by atoms with Gasteiger partial charge in [-0.2, -0.15) is 0 Å². The molecule has 0 saturated carbocycles.